The molecule has 2 aromatic carbocycles. The standard InChI is InChI=1S/C15H14F3NO2/c16-15(17,18)13-7-10(8-19)4-5-14(13)21-12-3-1-2-11(6-12)9-20/h1-7,20H,8-9,19H2. The van der Waals surface area contributed by atoms with Gasteiger partial charge in [-0.05, 0) is 35.4 Å². The predicted octanol–water partition coefficient (Wildman–Crippen LogP) is 3.45. The van der Waals surface area contributed by atoms with E-state index in [9.17, 15) is 13.2 Å². The molecule has 0 aromatic heterocycles. The van der Waals surface area contributed by atoms with E-state index in [4.69, 9.17) is 15.6 Å². The van der Waals surface area contributed by atoms with Crippen LogP contribution in [0.15, 0.2) is 42.5 Å². The minimum atomic E-state index is -4.53. The second kappa shape index (κ2) is 6.15. The molecule has 0 saturated heterocycles. The lowest BCUT2D eigenvalue weighted by molar-refractivity contribution is -0.138. The molecule has 2 rings (SSSR count). The Kier molecular flexibility index (Phi) is 4.50. The maximum Gasteiger partial charge on any atom is 0.419 e. The van der Waals surface area contributed by atoms with Crippen molar-refractivity contribution in [1.82, 2.24) is 0 Å². The number of halogens is 3. The Balaban J connectivity index is 2.39. The average molecular weight is 297 g/mol. The molecule has 0 radical (unpaired) electrons. The highest BCUT2D eigenvalue weighted by atomic mass is 19.4. The number of rotatable bonds is 4. The summed E-state index contributed by atoms with van der Waals surface area (Å²) >= 11 is 0. The number of benzene rings is 2. The second-order valence-corrected chi connectivity index (χ2v) is 4.44. The molecule has 112 valence electrons. The van der Waals surface area contributed by atoms with Crippen molar-refractivity contribution >= 4 is 0 Å². The lowest BCUT2D eigenvalue weighted by Crippen LogP contribution is -2.09. The van der Waals surface area contributed by atoms with E-state index in [-0.39, 0.29) is 24.7 Å². The van der Waals surface area contributed by atoms with Crippen molar-refractivity contribution in [3.63, 3.8) is 0 Å². The fourth-order valence-corrected chi connectivity index (χ4v) is 1.85. The minimum Gasteiger partial charge on any atom is -0.457 e. The topological polar surface area (TPSA) is 55.5 Å². The monoisotopic (exact) mass is 297 g/mol. The molecule has 0 amide bonds. The van der Waals surface area contributed by atoms with Crippen LogP contribution in [0.5, 0.6) is 11.5 Å². The van der Waals surface area contributed by atoms with Gasteiger partial charge in [0.1, 0.15) is 11.5 Å². The molecular weight excluding hydrogens is 283 g/mol. The Bertz CT molecular complexity index is 627. The van der Waals surface area contributed by atoms with Gasteiger partial charge in [-0.2, -0.15) is 13.2 Å². The minimum absolute atomic E-state index is 0.0172. The maximum absolute atomic E-state index is 13.1. The lowest BCUT2D eigenvalue weighted by atomic mass is 10.1. The van der Waals surface area contributed by atoms with Crippen LogP contribution in [0.1, 0.15) is 16.7 Å². The Morgan fingerprint density at radius 1 is 1.05 bits per heavy atom. The normalized spacial score (nSPS) is 11.5. The Morgan fingerprint density at radius 3 is 2.43 bits per heavy atom. The van der Waals surface area contributed by atoms with Crippen LogP contribution in [0.25, 0.3) is 0 Å². The Labute approximate surface area is 119 Å². The number of hydrogen-bond acceptors (Lipinski definition) is 3. The smallest absolute Gasteiger partial charge is 0.419 e. The fourth-order valence-electron chi connectivity index (χ4n) is 1.85. The van der Waals surface area contributed by atoms with Crippen molar-refractivity contribution in [2.24, 2.45) is 5.73 Å². The molecule has 0 aliphatic rings. The van der Waals surface area contributed by atoms with Crippen molar-refractivity contribution in [3.05, 3.63) is 59.2 Å². The zero-order chi connectivity index (χ0) is 15.5. The first kappa shape index (κ1) is 15.3. The van der Waals surface area contributed by atoms with E-state index in [1.165, 1.54) is 24.3 Å². The molecule has 0 bridgehead atoms. The molecule has 0 aliphatic carbocycles. The van der Waals surface area contributed by atoms with Crippen molar-refractivity contribution in [1.29, 1.82) is 0 Å². The summed E-state index contributed by atoms with van der Waals surface area (Å²) < 4.78 is 44.5. The first-order valence-electron chi connectivity index (χ1n) is 6.22. The van der Waals surface area contributed by atoms with E-state index in [2.05, 4.69) is 0 Å². The molecule has 2 aromatic rings. The number of aliphatic hydroxyl groups is 1. The van der Waals surface area contributed by atoms with Crippen LogP contribution in [0.4, 0.5) is 13.2 Å². The van der Waals surface area contributed by atoms with E-state index < -0.39 is 11.7 Å². The summed E-state index contributed by atoms with van der Waals surface area (Å²) in [5, 5.41) is 9.03. The van der Waals surface area contributed by atoms with Gasteiger partial charge in [0.25, 0.3) is 0 Å². The summed E-state index contributed by atoms with van der Waals surface area (Å²) in [6.45, 7) is -0.196. The summed E-state index contributed by atoms with van der Waals surface area (Å²) in [6, 6.07) is 9.97. The van der Waals surface area contributed by atoms with Crippen LogP contribution < -0.4 is 10.5 Å². The van der Waals surface area contributed by atoms with Gasteiger partial charge in [-0.3, -0.25) is 0 Å². The molecule has 0 spiro atoms. The van der Waals surface area contributed by atoms with Crippen LogP contribution in [0.3, 0.4) is 0 Å². The highest BCUT2D eigenvalue weighted by Crippen LogP contribution is 2.38. The van der Waals surface area contributed by atoms with Crippen LogP contribution in [-0.2, 0) is 19.3 Å². The summed E-state index contributed by atoms with van der Waals surface area (Å²) in [5.74, 6) is -0.0673. The van der Waals surface area contributed by atoms with E-state index >= 15 is 0 Å². The Morgan fingerprint density at radius 2 is 1.81 bits per heavy atom. The molecule has 3 N–H and O–H groups in total. The van der Waals surface area contributed by atoms with Crippen LogP contribution in [0.2, 0.25) is 0 Å². The van der Waals surface area contributed by atoms with E-state index in [0.29, 0.717) is 11.1 Å². The predicted molar refractivity (Wildman–Crippen MR) is 71.8 cm³/mol. The average Bonchev–Trinajstić information content (AvgIpc) is 2.46. The molecular formula is C15H14F3NO2. The van der Waals surface area contributed by atoms with Gasteiger partial charge < -0.3 is 15.6 Å². The highest BCUT2D eigenvalue weighted by molar-refractivity contribution is 5.42. The maximum atomic E-state index is 13.1. The third-order valence-corrected chi connectivity index (χ3v) is 2.89. The first-order valence-corrected chi connectivity index (χ1v) is 6.22. The van der Waals surface area contributed by atoms with E-state index in [1.54, 1.807) is 12.1 Å². The summed E-state index contributed by atoms with van der Waals surface area (Å²) in [7, 11) is 0. The number of ether oxygens (including phenoxy) is 1. The van der Waals surface area contributed by atoms with Crippen molar-refractivity contribution < 1.29 is 23.0 Å². The van der Waals surface area contributed by atoms with Crippen molar-refractivity contribution in [3.8, 4) is 11.5 Å². The number of nitrogens with two attached hydrogens (primary N) is 1. The second-order valence-electron chi connectivity index (χ2n) is 4.44. The quantitative estimate of drug-likeness (QED) is 0.908. The van der Waals surface area contributed by atoms with Gasteiger partial charge in [0, 0.05) is 6.54 Å². The molecule has 21 heavy (non-hydrogen) atoms. The van der Waals surface area contributed by atoms with Gasteiger partial charge in [-0.25, -0.2) is 0 Å². The van der Waals surface area contributed by atoms with Crippen molar-refractivity contribution in [2.45, 2.75) is 19.3 Å². The lowest BCUT2D eigenvalue weighted by Gasteiger charge is -2.15. The molecule has 0 fully saturated rings. The van der Waals surface area contributed by atoms with Gasteiger partial charge in [-0.15, -0.1) is 0 Å². The molecule has 0 heterocycles. The van der Waals surface area contributed by atoms with E-state index in [0.717, 1.165) is 6.07 Å². The molecule has 0 aliphatic heterocycles. The van der Waals surface area contributed by atoms with Gasteiger partial charge >= 0.3 is 6.18 Å². The fraction of sp³-hybridized carbons (Fsp3) is 0.200. The molecule has 0 saturated carbocycles. The molecule has 3 nitrogen and oxygen atoms in total. The first-order chi connectivity index (χ1) is 9.94. The van der Waals surface area contributed by atoms with Crippen LogP contribution >= 0.6 is 0 Å². The van der Waals surface area contributed by atoms with E-state index in [1.807, 2.05) is 0 Å². The van der Waals surface area contributed by atoms with Gasteiger partial charge in [0.05, 0.1) is 12.2 Å². The van der Waals surface area contributed by atoms with Crippen LogP contribution in [0, 0.1) is 0 Å². The van der Waals surface area contributed by atoms with Gasteiger partial charge in [-0.1, -0.05) is 18.2 Å². The highest BCUT2D eigenvalue weighted by Gasteiger charge is 2.34. The van der Waals surface area contributed by atoms with Crippen LogP contribution in [-0.4, -0.2) is 5.11 Å². The third kappa shape index (κ3) is 3.74. The van der Waals surface area contributed by atoms with Gasteiger partial charge in [0.2, 0.25) is 0 Å². The number of hydrogen-bond donors (Lipinski definition) is 2. The van der Waals surface area contributed by atoms with Gasteiger partial charge in [0.15, 0.2) is 0 Å². The van der Waals surface area contributed by atoms with Crippen molar-refractivity contribution in [2.75, 3.05) is 0 Å². The Hall–Kier alpha value is -2.05. The SMILES string of the molecule is NCc1ccc(Oc2cccc(CO)c2)c(C(F)(F)F)c1. The summed E-state index contributed by atoms with van der Waals surface area (Å²) in [4.78, 5) is 0. The molecule has 0 unspecified atom stereocenters. The number of aliphatic hydroxyl groups excluding tert-OH is 1. The third-order valence-electron chi connectivity index (χ3n) is 2.89. The zero-order valence-corrected chi connectivity index (χ0v) is 11.0. The molecule has 6 heteroatoms. The summed E-state index contributed by atoms with van der Waals surface area (Å²) in [5.41, 5.74) is 5.42. The summed E-state index contributed by atoms with van der Waals surface area (Å²) in [6.07, 6.45) is -4.53. The molecule has 0 atom stereocenters. The zero-order valence-electron chi connectivity index (χ0n) is 11.0. The number of alkyl halides is 3. The largest absolute Gasteiger partial charge is 0.457 e.